The van der Waals surface area contributed by atoms with Crippen molar-refractivity contribution in [1.29, 1.82) is 5.26 Å². The molecule has 0 aliphatic heterocycles. The molecule has 0 saturated carbocycles. The van der Waals surface area contributed by atoms with E-state index in [9.17, 15) is 5.26 Å². The van der Waals surface area contributed by atoms with Crippen LogP contribution in [-0.2, 0) is 0 Å². The molecular formula is C43H35N3. The minimum absolute atomic E-state index is 0.644. The Bertz CT molecular complexity index is 2460. The van der Waals surface area contributed by atoms with Crippen LogP contribution < -0.4 is 0 Å². The van der Waals surface area contributed by atoms with Gasteiger partial charge in [0.25, 0.3) is 0 Å². The monoisotopic (exact) mass is 593 g/mol. The second-order valence-electron chi connectivity index (χ2n) is 12.9. The van der Waals surface area contributed by atoms with E-state index in [2.05, 4.69) is 160 Å². The predicted molar refractivity (Wildman–Crippen MR) is 194 cm³/mol. The number of hydrogen-bond acceptors (Lipinski definition) is 1. The van der Waals surface area contributed by atoms with E-state index in [1.807, 2.05) is 0 Å². The Morgan fingerprint density at radius 2 is 0.848 bits per heavy atom. The molecule has 3 heteroatoms. The second-order valence-corrected chi connectivity index (χ2v) is 12.9. The topological polar surface area (TPSA) is 33.6 Å². The van der Waals surface area contributed by atoms with E-state index >= 15 is 0 Å². The molecule has 2 heterocycles. The molecule has 8 aromatic rings. The van der Waals surface area contributed by atoms with E-state index in [0.29, 0.717) is 5.56 Å². The van der Waals surface area contributed by atoms with Gasteiger partial charge in [-0.25, -0.2) is 0 Å². The molecule has 0 radical (unpaired) electrons. The highest BCUT2D eigenvalue weighted by molar-refractivity contribution is 6.13. The van der Waals surface area contributed by atoms with Gasteiger partial charge in [-0.15, -0.1) is 0 Å². The smallest absolute Gasteiger partial charge is 0.101 e. The highest BCUT2D eigenvalue weighted by Gasteiger charge is 2.24. The largest absolute Gasteiger partial charge is 0.308 e. The van der Waals surface area contributed by atoms with Crippen molar-refractivity contribution in [1.82, 2.24) is 9.13 Å². The molecule has 0 unspecified atom stereocenters. The summed E-state index contributed by atoms with van der Waals surface area (Å²) in [5.74, 6) is 0. The predicted octanol–water partition coefficient (Wildman–Crippen LogP) is 11.3. The molecule has 222 valence electrons. The molecule has 0 fully saturated rings. The lowest BCUT2D eigenvalue weighted by Crippen LogP contribution is -2.05. The third-order valence-electron chi connectivity index (χ3n) is 9.67. The average molecular weight is 594 g/mol. The molecule has 46 heavy (non-hydrogen) atoms. The van der Waals surface area contributed by atoms with Crippen LogP contribution >= 0.6 is 0 Å². The third-order valence-corrected chi connectivity index (χ3v) is 9.67. The summed E-state index contributed by atoms with van der Waals surface area (Å²) in [7, 11) is 0. The minimum Gasteiger partial charge on any atom is -0.308 e. The van der Waals surface area contributed by atoms with E-state index in [1.54, 1.807) is 0 Å². The molecule has 0 atom stereocenters. The Balaban J connectivity index is 1.60. The zero-order chi connectivity index (χ0) is 31.9. The van der Waals surface area contributed by atoms with E-state index in [4.69, 9.17) is 0 Å². The Labute approximate surface area is 269 Å². The summed E-state index contributed by atoms with van der Waals surface area (Å²) in [6, 6.07) is 39.9. The lowest BCUT2D eigenvalue weighted by atomic mass is 9.96. The molecule has 2 aromatic heterocycles. The van der Waals surface area contributed by atoms with Gasteiger partial charge in [-0.05, 0) is 81.5 Å². The fourth-order valence-corrected chi connectivity index (χ4v) is 7.80. The number of hydrogen-bond donors (Lipinski definition) is 0. The van der Waals surface area contributed by atoms with E-state index in [0.717, 1.165) is 33.5 Å². The van der Waals surface area contributed by atoms with Crippen LogP contribution in [-0.4, -0.2) is 9.13 Å². The highest BCUT2D eigenvalue weighted by Crippen LogP contribution is 2.43. The minimum atomic E-state index is 0.644. The van der Waals surface area contributed by atoms with Crippen molar-refractivity contribution < 1.29 is 0 Å². The summed E-state index contributed by atoms with van der Waals surface area (Å²) in [5, 5.41) is 15.8. The second kappa shape index (κ2) is 10.2. The first-order valence-electron chi connectivity index (χ1n) is 15.9. The number of aryl methyl sites for hydroxylation is 6. The van der Waals surface area contributed by atoms with Crippen LogP contribution in [0.1, 0.15) is 38.9 Å². The van der Waals surface area contributed by atoms with Crippen LogP contribution in [0.4, 0.5) is 0 Å². The number of benzene rings is 6. The molecule has 0 aliphatic rings. The molecule has 8 rings (SSSR count). The molecule has 0 spiro atoms. The zero-order valence-corrected chi connectivity index (χ0v) is 27.2. The van der Waals surface area contributed by atoms with Gasteiger partial charge in [0.2, 0.25) is 0 Å². The van der Waals surface area contributed by atoms with Crippen LogP contribution in [0.5, 0.6) is 0 Å². The standard InChI is InChI=1S/C43H35N3/c1-25-19-26(2)21-31(20-25)37-23-38(45-40-27(3)11-7-15-33(40)34-16-8-12-28(4)41(34)45)32(24-44)22-39(37)46-42-29(5)13-9-17-35(42)36-18-10-14-30(6)43(36)46/h7-23H,1-6H3. The van der Waals surface area contributed by atoms with E-state index in [1.165, 1.54) is 66.0 Å². The van der Waals surface area contributed by atoms with Crippen LogP contribution in [0.3, 0.4) is 0 Å². The van der Waals surface area contributed by atoms with Crippen molar-refractivity contribution in [2.75, 3.05) is 0 Å². The van der Waals surface area contributed by atoms with Gasteiger partial charge >= 0.3 is 0 Å². The Hall–Kier alpha value is -5.59. The first-order chi connectivity index (χ1) is 22.3. The van der Waals surface area contributed by atoms with Gasteiger partial charge in [-0.1, -0.05) is 102 Å². The number of para-hydroxylation sites is 4. The van der Waals surface area contributed by atoms with Gasteiger partial charge in [-0.3, -0.25) is 0 Å². The molecule has 0 N–H and O–H groups in total. The van der Waals surface area contributed by atoms with Crippen molar-refractivity contribution in [3.63, 3.8) is 0 Å². The summed E-state index contributed by atoms with van der Waals surface area (Å²) in [6.45, 7) is 13.0. The van der Waals surface area contributed by atoms with Crippen molar-refractivity contribution >= 4 is 43.6 Å². The highest BCUT2D eigenvalue weighted by atomic mass is 15.0. The van der Waals surface area contributed by atoms with Gasteiger partial charge in [0.05, 0.1) is 39.0 Å². The maximum atomic E-state index is 10.9. The number of nitrogens with zero attached hydrogens (tertiary/aromatic N) is 3. The lowest BCUT2D eigenvalue weighted by Gasteiger charge is -2.20. The molecule has 3 nitrogen and oxygen atoms in total. The summed E-state index contributed by atoms with van der Waals surface area (Å²) < 4.78 is 4.75. The lowest BCUT2D eigenvalue weighted by molar-refractivity contribution is 1.12. The first kappa shape index (κ1) is 27.9. The van der Waals surface area contributed by atoms with Crippen LogP contribution in [0.25, 0.3) is 66.1 Å². The normalized spacial score (nSPS) is 11.7. The van der Waals surface area contributed by atoms with Gasteiger partial charge in [0.15, 0.2) is 0 Å². The Kier molecular flexibility index (Phi) is 6.21. The fraction of sp³-hybridized carbons (Fsp3) is 0.140. The van der Waals surface area contributed by atoms with Gasteiger partial charge in [0.1, 0.15) is 6.07 Å². The number of aromatic nitrogens is 2. The molecule has 0 amide bonds. The first-order valence-corrected chi connectivity index (χ1v) is 15.9. The summed E-state index contributed by atoms with van der Waals surface area (Å²) in [6.07, 6.45) is 0. The molecule has 6 aromatic carbocycles. The van der Waals surface area contributed by atoms with Crippen molar-refractivity contribution in [3.8, 4) is 28.6 Å². The van der Waals surface area contributed by atoms with Crippen LogP contribution in [0.2, 0.25) is 0 Å². The molecule has 0 bridgehead atoms. The van der Waals surface area contributed by atoms with E-state index in [-0.39, 0.29) is 0 Å². The maximum absolute atomic E-state index is 10.9. The van der Waals surface area contributed by atoms with Gasteiger partial charge in [0, 0.05) is 27.1 Å². The maximum Gasteiger partial charge on any atom is 0.101 e. The number of fused-ring (bicyclic) bond motifs is 6. The van der Waals surface area contributed by atoms with Crippen molar-refractivity contribution in [2.24, 2.45) is 0 Å². The SMILES string of the molecule is Cc1cc(C)cc(-c2cc(-n3c4c(C)cccc4c4cccc(C)c43)c(C#N)cc2-n2c3c(C)cccc3c3cccc(C)c32)c1. The summed E-state index contributed by atoms with van der Waals surface area (Å²) in [4.78, 5) is 0. The third kappa shape index (κ3) is 3.97. The summed E-state index contributed by atoms with van der Waals surface area (Å²) in [5.41, 5.74) is 16.7. The fourth-order valence-electron chi connectivity index (χ4n) is 7.80. The van der Waals surface area contributed by atoms with Gasteiger partial charge < -0.3 is 9.13 Å². The molecule has 0 aliphatic carbocycles. The molecular weight excluding hydrogens is 558 g/mol. The van der Waals surface area contributed by atoms with E-state index < -0.39 is 0 Å². The van der Waals surface area contributed by atoms with Crippen LogP contribution in [0.15, 0.2) is 103 Å². The average Bonchev–Trinajstić information content (AvgIpc) is 3.56. The Morgan fingerprint density at radius 1 is 0.457 bits per heavy atom. The Morgan fingerprint density at radius 3 is 1.24 bits per heavy atom. The van der Waals surface area contributed by atoms with Crippen LogP contribution in [0, 0.1) is 52.9 Å². The van der Waals surface area contributed by atoms with Crippen molar-refractivity contribution in [3.05, 3.63) is 142 Å². The number of nitriles is 1. The summed E-state index contributed by atoms with van der Waals surface area (Å²) >= 11 is 0. The zero-order valence-electron chi connectivity index (χ0n) is 27.2. The number of rotatable bonds is 3. The van der Waals surface area contributed by atoms with Gasteiger partial charge in [-0.2, -0.15) is 5.26 Å². The quantitative estimate of drug-likeness (QED) is 0.201. The molecule has 0 saturated heterocycles. The van der Waals surface area contributed by atoms with Crippen molar-refractivity contribution in [2.45, 2.75) is 41.5 Å².